The maximum Gasteiger partial charge on any atom is 0.237 e. The third-order valence-corrected chi connectivity index (χ3v) is 4.93. The van der Waals surface area contributed by atoms with E-state index in [-0.39, 0.29) is 12.2 Å². The summed E-state index contributed by atoms with van der Waals surface area (Å²) in [4.78, 5) is 20.0. The molecule has 2 atom stereocenters. The largest absolute Gasteiger partial charge is 0.481 e. The monoisotopic (exact) mass is 422 g/mol. The molecule has 0 unspecified atom stereocenters. The Hall–Kier alpha value is -3.46. The van der Waals surface area contributed by atoms with E-state index in [2.05, 4.69) is 39.0 Å². The van der Waals surface area contributed by atoms with Crippen LogP contribution >= 0.6 is 0 Å². The van der Waals surface area contributed by atoms with Gasteiger partial charge in [0.1, 0.15) is 11.5 Å². The van der Waals surface area contributed by atoms with Crippen LogP contribution in [0.25, 0.3) is 11.1 Å². The molecular formula is C22H26N6O3. The number of nitrogens with one attached hydrogen (secondary N) is 1. The highest BCUT2D eigenvalue weighted by Gasteiger charge is 2.24. The van der Waals surface area contributed by atoms with Gasteiger partial charge in [0.25, 0.3) is 0 Å². The lowest BCUT2D eigenvalue weighted by Gasteiger charge is -2.35. The van der Waals surface area contributed by atoms with E-state index in [9.17, 15) is 0 Å². The van der Waals surface area contributed by atoms with E-state index in [1.165, 1.54) is 0 Å². The SMILES string of the molecule is COc1ccc(-c2cnc(OC)c(Nc3ccnc(N4C[C@@H](C)O[C@@H](C)C4)n3)c2)cn1. The summed E-state index contributed by atoms with van der Waals surface area (Å²) in [5.41, 5.74) is 2.51. The Kier molecular flexibility index (Phi) is 6.13. The number of ether oxygens (including phenoxy) is 3. The van der Waals surface area contributed by atoms with Gasteiger partial charge in [-0.3, -0.25) is 0 Å². The average Bonchev–Trinajstić information content (AvgIpc) is 2.79. The van der Waals surface area contributed by atoms with E-state index in [1.807, 2.05) is 24.3 Å². The first-order chi connectivity index (χ1) is 15.1. The number of hydrogen-bond acceptors (Lipinski definition) is 9. The van der Waals surface area contributed by atoms with Gasteiger partial charge in [0.2, 0.25) is 17.7 Å². The number of anilines is 3. The molecule has 1 aliphatic heterocycles. The van der Waals surface area contributed by atoms with Crippen molar-refractivity contribution in [1.29, 1.82) is 0 Å². The molecule has 3 aromatic heterocycles. The van der Waals surface area contributed by atoms with Crippen molar-refractivity contribution >= 4 is 17.5 Å². The summed E-state index contributed by atoms with van der Waals surface area (Å²) in [5, 5.41) is 3.32. The number of nitrogens with zero attached hydrogens (tertiary/aromatic N) is 5. The Bertz CT molecular complexity index is 1020. The van der Waals surface area contributed by atoms with Gasteiger partial charge in [-0.2, -0.15) is 4.98 Å². The molecule has 0 aromatic carbocycles. The van der Waals surface area contributed by atoms with Crippen LogP contribution in [0.3, 0.4) is 0 Å². The van der Waals surface area contributed by atoms with Crippen molar-refractivity contribution in [3.8, 4) is 22.9 Å². The fraction of sp³-hybridized carbons (Fsp3) is 0.364. The second kappa shape index (κ2) is 9.13. The van der Waals surface area contributed by atoms with Crippen LogP contribution in [0.15, 0.2) is 42.9 Å². The topological polar surface area (TPSA) is 94.5 Å². The summed E-state index contributed by atoms with van der Waals surface area (Å²) in [6.45, 7) is 5.61. The second-order valence-corrected chi connectivity index (χ2v) is 7.40. The molecule has 3 aromatic rings. The summed E-state index contributed by atoms with van der Waals surface area (Å²) < 4.78 is 16.4. The van der Waals surface area contributed by atoms with E-state index in [0.29, 0.717) is 29.2 Å². The number of methoxy groups -OCH3 is 2. The minimum absolute atomic E-state index is 0.128. The van der Waals surface area contributed by atoms with E-state index < -0.39 is 0 Å². The Morgan fingerprint density at radius 3 is 2.42 bits per heavy atom. The highest BCUT2D eigenvalue weighted by atomic mass is 16.5. The third-order valence-electron chi connectivity index (χ3n) is 4.93. The lowest BCUT2D eigenvalue weighted by atomic mass is 10.1. The molecule has 4 heterocycles. The highest BCUT2D eigenvalue weighted by molar-refractivity contribution is 5.72. The Morgan fingerprint density at radius 1 is 0.968 bits per heavy atom. The molecule has 0 saturated carbocycles. The number of aromatic nitrogens is 4. The van der Waals surface area contributed by atoms with Crippen LogP contribution in [0, 0.1) is 0 Å². The quantitative estimate of drug-likeness (QED) is 0.642. The zero-order chi connectivity index (χ0) is 21.8. The zero-order valence-electron chi connectivity index (χ0n) is 18.1. The van der Waals surface area contributed by atoms with E-state index in [4.69, 9.17) is 19.2 Å². The van der Waals surface area contributed by atoms with Crippen LogP contribution in [-0.2, 0) is 4.74 Å². The fourth-order valence-corrected chi connectivity index (χ4v) is 3.58. The predicted molar refractivity (Wildman–Crippen MR) is 118 cm³/mol. The van der Waals surface area contributed by atoms with Crippen molar-refractivity contribution in [3.63, 3.8) is 0 Å². The Balaban J connectivity index is 1.59. The summed E-state index contributed by atoms with van der Waals surface area (Å²) in [6, 6.07) is 7.52. The first-order valence-corrected chi connectivity index (χ1v) is 10.1. The van der Waals surface area contributed by atoms with Gasteiger partial charge in [-0.25, -0.2) is 15.0 Å². The normalized spacial score (nSPS) is 18.5. The minimum Gasteiger partial charge on any atom is -0.481 e. The van der Waals surface area contributed by atoms with Gasteiger partial charge in [0, 0.05) is 48.9 Å². The molecule has 162 valence electrons. The number of hydrogen-bond donors (Lipinski definition) is 1. The standard InChI is InChI=1S/C22H26N6O3/c1-14-12-28(13-15(2)31-14)22-23-8-7-19(27-22)26-18-9-17(11-25-21(18)30-4)16-5-6-20(29-3)24-10-16/h5-11,14-15H,12-13H2,1-4H3,(H,23,26,27)/t14-,15+. The summed E-state index contributed by atoms with van der Waals surface area (Å²) in [7, 11) is 3.18. The van der Waals surface area contributed by atoms with Crippen molar-refractivity contribution < 1.29 is 14.2 Å². The van der Waals surface area contributed by atoms with Crippen molar-refractivity contribution in [1.82, 2.24) is 19.9 Å². The summed E-state index contributed by atoms with van der Waals surface area (Å²) >= 11 is 0. The lowest BCUT2D eigenvalue weighted by molar-refractivity contribution is -0.00571. The van der Waals surface area contributed by atoms with Crippen LogP contribution in [0.1, 0.15) is 13.8 Å². The third kappa shape index (κ3) is 4.83. The minimum atomic E-state index is 0.128. The van der Waals surface area contributed by atoms with Gasteiger partial charge in [-0.15, -0.1) is 0 Å². The van der Waals surface area contributed by atoms with Gasteiger partial charge in [0.15, 0.2) is 0 Å². The molecule has 9 heteroatoms. The summed E-state index contributed by atoms with van der Waals surface area (Å²) in [6.07, 6.45) is 5.49. The highest BCUT2D eigenvalue weighted by Crippen LogP contribution is 2.30. The fourth-order valence-electron chi connectivity index (χ4n) is 3.58. The van der Waals surface area contributed by atoms with Gasteiger partial charge in [-0.05, 0) is 32.0 Å². The molecule has 0 spiro atoms. The zero-order valence-corrected chi connectivity index (χ0v) is 18.1. The lowest BCUT2D eigenvalue weighted by Crippen LogP contribution is -2.46. The van der Waals surface area contributed by atoms with Crippen LogP contribution in [0.5, 0.6) is 11.8 Å². The van der Waals surface area contributed by atoms with Crippen molar-refractivity contribution in [3.05, 3.63) is 42.9 Å². The van der Waals surface area contributed by atoms with Crippen LogP contribution < -0.4 is 19.7 Å². The molecule has 1 saturated heterocycles. The molecule has 1 fully saturated rings. The maximum absolute atomic E-state index is 5.81. The number of rotatable bonds is 6. The second-order valence-electron chi connectivity index (χ2n) is 7.40. The van der Waals surface area contributed by atoms with Crippen LogP contribution in [0.2, 0.25) is 0 Å². The van der Waals surface area contributed by atoms with Crippen molar-refractivity contribution in [2.75, 3.05) is 37.5 Å². The van der Waals surface area contributed by atoms with E-state index in [1.54, 1.807) is 32.8 Å². The van der Waals surface area contributed by atoms with Gasteiger partial charge >= 0.3 is 0 Å². The molecule has 4 rings (SSSR count). The van der Waals surface area contributed by atoms with Crippen molar-refractivity contribution in [2.24, 2.45) is 0 Å². The molecule has 1 N–H and O–H groups in total. The van der Waals surface area contributed by atoms with E-state index in [0.717, 1.165) is 24.2 Å². The first-order valence-electron chi connectivity index (χ1n) is 10.1. The Labute approximate surface area is 181 Å². The number of pyridine rings is 2. The van der Waals surface area contributed by atoms with Gasteiger partial charge < -0.3 is 24.4 Å². The smallest absolute Gasteiger partial charge is 0.237 e. The Morgan fingerprint density at radius 2 is 1.74 bits per heavy atom. The average molecular weight is 422 g/mol. The molecule has 31 heavy (non-hydrogen) atoms. The predicted octanol–water partition coefficient (Wildman–Crippen LogP) is 3.31. The van der Waals surface area contributed by atoms with Crippen LogP contribution in [0.4, 0.5) is 17.5 Å². The first kappa shape index (κ1) is 20.8. The molecule has 0 bridgehead atoms. The molecule has 0 aliphatic carbocycles. The van der Waals surface area contributed by atoms with Gasteiger partial charge in [-0.1, -0.05) is 0 Å². The van der Waals surface area contributed by atoms with Crippen molar-refractivity contribution in [2.45, 2.75) is 26.1 Å². The maximum atomic E-state index is 5.81. The molecule has 0 radical (unpaired) electrons. The summed E-state index contributed by atoms with van der Waals surface area (Å²) in [5.74, 6) is 2.35. The molecule has 0 amide bonds. The van der Waals surface area contributed by atoms with Crippen LogP contribution in [-0.4, -0.2) is 59.5 Å². The molecule has 1 aliphatic rings. The molecule has 9 nitrogen and oxygen atoms in total. The number of morpholine rings is 1. The molecular weight excluding hydrogens is 396 g/mol. The van der Waals surface area contributed by atoms with Gasteiger partial charge in [0.05, 0.1) is 26.4 Å². The van der Waals surface area contributed by atoms with E-state index >= 15 is 0 Å².